The number of ether oxygens (including phenoxy) is 1. The van der Waals surface area contributed by atoms with Crippen LogP contribution in [-0.4, -0.2) is 67.2 Å². The second-order valence-electron chi connectivity index (χ2n) is 8.87. The molecule has 36 heavy (non-hydrogen) atoms. The van der Waals surface area contributed by atoms with Crippen LogP contribution in [0.15, 0.2) is 77.5 Å². The summed E-state index contributed by atoms with van der Waals surface area (Å²) in [5.41, 5.74) is 4.79. The number of nitrogens with zero attached hydrogens (tertiary/aromatic N) is 3. The molecule has 0 spiro atoms. The number of benzene rings is 2. The highest BCUT2D eigenvalue weighted by Crippen LogP contribution is 2.27. The predicted molar refractivity (Wildman–Crippen MR) is 138 cm³/mol. The highest BCUT2D eigenvalue weighted by atomic mass is 19.1. The smallest absolute Gasteiger partial charge is 0.154 e. The van der Waals surface area contributed by atoms with E-state index in [1.807, 2.05) is 47.1 Å². The van der Waals surface area contributed by atoms with Crippen LogP contribution in [0.4, 0.5) is 4.39 Å². The Kier molecular flexibility index (Phi) is 8.20. The quantitative estimate of drug-likeness (QED) is 0.443. The Morgan fingerprint density at radius 1 is 0.861 bits per heavy atom. The van der Waals surface area contributed by atoms with E-state index in [4.69, 9.17) is 14.3 Å². The maximum atomic E-state index is 13.5. The molecule has 4 heterocycles. The van der Waals surface area contributed by atoms with Crippen molar-refractivity contribution in [3.8, 4) is 28.3 Å². The highest BCUT2D eigenvalue weighted by Gasteiger charge is 2.18. The molecular weight excluding hydrogens is 457 g/mol. The molecule has 2 aliphatic rings. The first-order valence-electron chi connectivity index (χ1n) is 12.5. The molecule has 0 bridgehead atoms. The van der Waals surface area contributed by atoms with E-state index in [9.17, 15) is 4.39 Å². The maximum Gasteiger partial charge on any atom is 0.154 e. The van der Waals surface area contributed by atoms with Crippen LogP contribution < -0.4 is 10.6 Å². The topological polar surface area (TPSA) is 67.5 Å². The molecule has 2 N–H and O–H groups in total. The van der Waals surface area contributed by atoms with E-state index in [1.165, 1.54) is 6.07 Å². The fourth-order valence-electron chi connectivity index (χ4n) is 4.38. The lowest BCUT2D eigenvalue weighted by Gasteiger charge is -2.26. The van der Waals surface area contributed by atoms with Gasteiger partial charge in [0.05, 0.1) is 25.2 Å². The molecule has 2 saturated heterocycles. The normalized spacial score (nSPS) is 16.4. The van der Waals surface area contributed by atoms with Crippen LogP contribution in [0.5, 0.6) is 0 Å². The van der Waals surface area contributed by atoms with Crippen molar-refractivity contribution in [1.29, 1.82) is 0 Å². The van der Waals surface area contributed by atoms with Gasteiger partial charge in [-0.05, 0) is 47.5 Å². The first-order chi connectivity index (χ1) is 17.8. The molecule has 0 unspecified atom stereocenters. The Morgan fingerprint density at radius 2 is 1.64 bits per heavy atom. The van der Waals surface area contributed by atoms with Gasteiger partial charge in [-0.25, -0.2) is 9.07 Å². The van der Waals surface area contributed by atoms with Crippen molar-refractivity contribution in [3.05, 3.63) is 84.5 Å². The lowest BCUT2D eigenvalue weighted by atomic mass is 10.1. The second-order valence-corrected chi connectivity index (χ2v) is 8.87. The van der Waals surface area contributed by atoms with Crippen LogP contribution in [0.3, 0.4) is 0 Å². The Bertz CT molecular complexity index is 1200. The zero-order valence-electron chi connectivity index (χ0n) is 20.3. The number of piperazine rings is 1. The van der Waals surface area contributed by atoms with Crippen LogP contribution in [0.2, 0.25) is 0 Å². The van der Waals surface area contributed by atoms with Crippen molar-refractivity contribution >= 4 is 0 Å². The second kappa shape index (κ2) is 12.1. The first kappa shape index (κ1) is 24.4. The summed E-state index contributed by atoms with van der Waals surface area (Å²) in [6, 6.07) is 18.5. The van der Waals surface area contributed by atoms with Crippen molar-refractivity contribution < 1.29 is 13.5 Å². The van der Waals surface area contributed by atoms with E-state index in [0.717, 1.165) is 92.9 Å². The third kappa shape index (κ3) is 6.27. The van der Waals surface area contributed by atoms with Gasteiger partial charge in [0, 0.05) is 57.6 Å². The van der Waals surface area contributed by atoms with Crippen molar-refractivity contribution in [2.24, 2.45) is 0 Å². The van der Waals surface area contributed by atoms with Gasteiger partial charge in [-0.15, -0.1) is 0 Å². The Balaban J connectivity index is 0.000000391. The van der Waals surface area contributed by atoms with Gasteiger partial charge in [0.15, 0.2) is 5.76 Å². The molecule has 188 valence electrons. The summed E-state index contributed by atoms with van der Waals surface area (Å²) in [4.78, 5) is 2.43. The van der Waals surface area contributed by atoms with Gasteiger partial charge in [-0.2, -0.15) is 5.10 Å². The van der Waals surface area contributed by atoms with Gasteiger partial charge in [0.2, 0.25) is 0 Å². The van der Waals surface area contributed by atoms with E-state index >= 15 is 0 Å². The molecule has 0 radical (unpaired) electrons. The molecule has 2 aliphatic heterocycles. The Labute approximate surface area is 210 Å². The zero-order chi connectivity index (χ0) is 24.6. The van der Waals surface area contributed by atoms with Gasteiger partial charge in [0.25, 0.3) is 0 Å². The molecule has 4 aromatic rings. The number of hydrogen-bond donors (Lipinski definition) is 2. The average molecular weight is 490 g/mol. The number of nitrogens with one attached hydrogen (secondary N) is 2. The van der Waals surface area contributed by atoms with Crippen LogP contribution in [0.1, 0.15) is 5.56 Å². The fourth-order valence-corrected chi connectivity index (χ4v) is 4.38. The number of aromatic nitrogens is 2. The van der Waals surface area contributed by atoms with Gasteiger partial charge >= 0.3 is 0 Å². The lowest BCUT2D eigenvalue weighted by Crippen LogP contribution is -2.42. The molecule has 0 saturated carbocycles. The number of rotatable bonds is 5. The Hall–Kier alpha value is -3.30. The van der Waals surface area contributed by atoms with E-state index in [-0.39, 0.29) is 5.82 Å². The monoisotopic (exact) mass is 489 g/mol. The average Bonchev–Trinajstić information content (AvgIpc) is 3.61. The molecule has 2 aromatic carbocycles. The highest BCUT2D eigenvalue weighted by molar-refractivity contribution is 5.65. The lowest BCUT2D eigenvalue weighted by molar-refractivity contribution is 0.109. The molecule has 7 nitrogen and oxygen atoms in total. The van der Waals surface area contributed by atoms with Gasteiger partial charge in [-0.3, -0.25) is 4.90 Å². The van der Waals surface area contributed by atoms with Crippen LogP contribution in [0, 0.1) is 5.82 Å². The van der Waals surface area contributed by atoms with E-state index in [1.54, 1.807) is 18.4 Å². The summed E-state index contributed by atoms with van der Waals surface area (Å²) in [6.45, 7) is 8.72. The largest absolute Gasteiger partial charge is 0.463 e. The number of morpholine rings is 1. The molecule has 8 heteroatoms. The number of hydrogen-bond acceptors (Lipinski definition) is 6. The summed E-state index contributed by atoms with van der Waals surface area (Å²) >= 11 is 0. The molecule has 6 rings (SSSR count). The van der Waals surface area contributed by atoms with Gasteiger partial charge < -0.3 is 19.8 Å². The summed E-state index contributed by atoms with van der Waals surface area (Å²) in [5.74, 6) is 0.541. The molecular formula is C28H32FN5O2. The number of furan rings is 1. The molecule has 0 amide bonds. The maximum absolute atomic E-state index is 13.5. The first-order valence-corrected chi connectivity index (χ1v) is 12.5. The summed E-state index contributed by atoms with van der Waals surface area (Å²) < 4.78 is 26.1. The Morgan fingerprint density at radius 3 is 2.28 bits per heavy atom. The molecule has 0 atom stereocenters. The SMILES string of the molecule is C1COCCN1.Fc1cccc(-c2ccc(-n3cc(CN4CCNCC4)c(-c4ccco4)n3)cc2)c1. The van der Waals surface area contributed by atoms with Crippen molar-refractivity contribution in [1.82, 2.24) is 25.3 Å². The third-order valence-corrected chi connectivity index (χ3v) is 6.28. The van der Waals surface area contributed by atoms with Crippen LogP contribution in [-0.2, 0) is 11.3 Å². The van der Waals surface area contributed by atoms with Crippen molar-refractivity contribution in [3.63, 3.8) is 0 Å². The summed E-state index contributed by atoms with van der Waals surface area (Å²) in [5, 5.41) is 11.4. The summed E-state index contributed by atoms with van der Waals surface area (Å²) in [6.07, 6.45) is 3.76. The minimum absolute atomic E-state index is 0.232. The van der Waals surface area contributed by atoms with E-state index in [0.29, 0.717) is 0 Å². The van der Waals surface area contributed by atoms with Crippen LogP contribution in [0.25, 0.3) is 28.3 Å². The van der Waals surface area contributed by atoms with Crippen molar-refractivity contribution in [2.45, 2.75) is 6.54 Å². The predicted octanol–water partition coefficient (Wildman–Crippen LogP) is 3.95. The molecule has 2 fully saturated rings. The minimum atomic E-state index is -0.232. The minimum Gasteiger partial charge on any atom is -0.463 e. The molecule has 0 aliphatic carbocycles. The van der Waals surface area contributed by atoms with Gasteiger partial charge in [0.1, 0.15) is 11.5 Å². The van der Waals surface area contributed by atoms with E-state index < -0.39 is 0 Å². The molecule has 2 aromatic heterocycles. The standard InChI is InChI=1S/C24H23FN4O.C4H9NO/c25-21-4-1-3-19(15-21)18-6-8-22(9-7-18)29-17-20(16-28-12-10-26-11-13-28)24(27-29)23-5-2-14-30-23;1-3-6-4-2-5-1/h1-9,14-15,17,26H,10-13,16H2;5H,1-4H2. The van der Waals surface area contributed by atoms with Crippen LogP contribution >= 0.6 is 0 Å². The third-order valence-electron chi connectivity index (χ3n) is 6.28. The summed E-state index contributed by atoms with van der Waals surface area (Å²) in [7, 11) is 0. The zero-order valence-corrected chi connectivity index (χ0v) is 20.3. The number of halogens is 1. The van der Waals surface area contributed by atoms with Crippen molar-refractivity contribution in [2.75, 3.05) is 52.5 Å². The fraction of sp³-hybridized carbons (Fsp3) is 0.321. The van der Waals surface area contributed by atoms with Gasteiger partial charge in [-0.1, -0.05) is 24.3 Å². The van der Waals surface area contributed by atoms with E-state index in [2.05, 4.69) is 21.7 Å².